The average molecular weight is 236 g/mol. The van der Waals surface area contributed by atoms with Gasteiger partial charge in [-0.2, -0.15) is 0 Å². The van der Waals surface area contributed by atoms with Gasteiger partial charge >= 0.3 is 6.09 Å². The Morgan fingerprint density at radius 1 is 1.65 bits per heavy atom. The van der Waals surface area contributed by atoms with Gasteiger partial charge in [-0.25, -0.2) is 9.78 Å². The lowest BCUT2D eigenvalue weighted by Gasteiger charge is -2.18. The van der Waals surface area contributed by atoms with Crippen molar-refractivity contribution in [3.05, 3.63) is 18.3 Å². The number of nitrogen functional groups attached to an aromatic ring is 1. The Morgan fingerprint density at radius 2 is 2.47 bits per heavy atom. The molecule has 1 aliphatic heterocycles. The molecule has 0 aromatic carbocycles. The molecule has 0 aliphatic carbocycles. The summed E-state index contributed by atoms with van der Waals surface area (Å²) in [6.45, 7) is 2.15. The van der Waals surface area contributed by atoms with Crippen LogP contribution < -0.4 is 16.4 Å². The van der Waals surface area contributed by atoms with Crippen molar-refractivity contribution in [2.24, 2.45) is 11.7 Å². The second-order valence-corrected chi connectivity index (χ2v) is 4.17. The maximum Gasteiger partial charge on any atom is 0.404 e. The molecule has 92 valence electrons. The highest BCUT2D eigenvalue weighted by Gasteiger charge is 2.23. The third kappa shape index (κ3) is 2.99. The minimum atomic E-state index is -0.711. The Bertz CT molecular complexity index is 410. The van der Waals surface area contributed by atoms with Crippen LogP contribution in [0.2, 0.25) is 0 Å². The van der Waals surface area contributed by atoms with Crippen molar-refractivity contribution in [3.63, 3.8) is 0 Å². The molecule has 1 aromatic rings. The highest BCUT2D eigenvalue weighted by atomic mass is 16.5. The van der Waals surface area contributed by atoms with E-state index in [0.717, 1.165) is 25.2 Å². The number of amides is 1. The summed E-state index contributed by atoms with van der Waals surface area (Å²) in [4.78, 5) is 16.7. The number of nitrogens with zero attached hydrogens (tertiary/aromatic N) is 2. The third-order valence-electron chi connectivity index (χ3n) is 2.88. The smallest absolute Gasteiger partial charge is 0.404 e. The topological polar surface area (TPSA) is 94.5 Å². The van der Waals surface area contributed by atoms with Crippen LogP contribution in [-0.4, -0.2) is 30.8 Å². The molecule has 17 heavy (non-hydrogen) atoms. The van der Waals surface area contributed by atoms with Gasteiger partial charge < -0.3 is 21.1 Å². The predicted molar refractivity (Wildman–Crippen MR) is 64.5 cm³/mol. The summed E-state index contributed by atoms with van der Waals surface area (Å²) >= 11 is 0. The molecular weight excluding hydrogens is 220 g/mol. The fourth-order valence-corrected chi connectivity index (χ4v) is 2.04. The number of carbonyl (C=O) groups excluding carboxylic acids is 1. The van der Waals surface area contributed by atoms with Crippen molar-refractivity contribution in [2.45, 2.75) is 6.42 Å². The van der Waals surface area contributed by atoms with Crippen LogP contribution in [0.5, 0.6) is 0 Å². The minimum Gasteiger partial charge on any atom is -0.449 e. The number of hydrogen-bond donors (Lipinski definition) is 2. The van der Waals surface area contributed by atoms with Crippen molar-refractivity contribution in [3.8, 4) is 0 Å². The number of aromatic nitrogens is 1. The molecule has 4 N–H and O–H groups in total. The number of primary amides is 1. The quantitative estimate of drug-likeness (QED) is 0.800. The van der Waals surface area contributed by atoms with E-state index in [1.807, 2.05) is 12.1 Å². The molecule has 1 aliphatic rings. The van der Waals surface area contributed by atoms with Gasteiger partial charge in [0.25, 0.3) is 0 Å². The largest absolute Gasteiger partial charge is 0.449 e. The zero-order valence-corrected chi connectivity index (χ0v) is 9.50. The third-order valence-corrected chi connectivity index (χ3v) is 2.88. The highest BCUT2D eigenvalue weighted by molar-refractivity contribution is 5.64. The van der Waals surface area contributed by atoms with Gasteiger partial charge in [-0.05, 0) is 12.5 Å². The second-order valence-electron chi connectivity index (χ2n) is 4.17. The predicted octanol–water partition coefficient (Wildman–Crippen LogP) is 0.585. The number of pyridine rings is 1. The van der Waals surface area contributed by atoms with Crippen LogP contribution in [0.4, 0.5) is 16.3 Å². The number of rotatable bonds is 3. The molecule has 1 aromatic heterocycles. The zero-order valence-electron chi connectivity index (χ0n) is 9.50. The molecule has 1 unspecified atom stereocenters. The Kier molecular flexibility index (Phi) is 3.32. The van der Waals surface area contributed by atoms with E-state index in [1.165, 1.54) is 0 Å². The van der Waals surface area contributed by atoms with Gasteiger partial charge in [0.15, 0.2) is 0 Å². The van der Waals surface area contributed by atoms with Gasteiger partial charge in [-0.15, -0.1) is 0 Å². The van der Waals surface area contributed by atoms with Crippen LogP contribution in [0, 0.1) is 5.92 Å². The number of anilines is 2. The van der Waals surface area contributed by atoms with Crippen LogP contribution in [0.15, 0.2) is 18.3 Å². The molecule has 1 fully saturated rings. The molecular formula is C11H16N4O2. The van der Waals surface area contributed by atoms with E-state index in [0.29, 0.717) is 18.3 Å². The molecule has 6 heteroatoms. The molecule has 1 atom stereocenters. The molecule has 1 amide bonds. The van der Waals surface area contributed by atoms with E-state index in [4.69, 9.17) is 16.2 Å². The average Bonchev–Trinajstić information content (AvgIpc) is 2.75. The van der Waals surface area contributed by atoms with Gasteiger partial charge in [0, 0.05) is 37.0 Å². The first-order valence-electron chi connectivity index (χ1n) is 5.54. The van der Waals surface area contributed by atoms with Crippen molar-refractivity contribution in [1.82, 2.24) is 4.98 Å². The number of hydrogen-bond acceptors (Lipinski definition) is 5. The number of nitrogens with two attached hydrogens (primary N) is 2. The molecule has 1 saturated heterocycles. The van der Waals surface area contributed by atoms with Crippen LogP contribution in [-0.2, 0) is 4.74 Å². The molecule has 2 heterocycles. The number of ether oxygens (including phenoxy) is 1. The lowest BCUT2D eigenvalue weighted by molar-refractivity contribution is 0.140. The zero-order chi connectivity index (χ0) is 12.3. The van der Waals surface area contributed by atoms with Gasteiger partial charge in [0.05, 0.1) is 6.61 Å². The second kappa shape index (κ2) is 4.90. The van der Waals surface area contributed by atoms with Crippen LogP contribution >= 0.6 is 0 Å². The molecule has 2 rings (SSSR count). The van der Waals surface area contributed by atoms with Crippen molar-refractivity contribution < 1.29 is 9.53 Å². The SMILES string of the molecule is NC(=O)OCC1CCN(c2ccnc(N)c2)C1. The monoisotopic (exact) mass is 236 g/mol. The Morgan fingerprint density at radius 3 is 3.18 bits per heavy atom. The van der Waals surface area contributed by atoms with Gasteiger partial charge in [-0.3, -0.25) is 0 Å². The molecule has 0 saturated carbocycles. The summed E-state index contributed by atoms with van der Waals surface area (Å²) in [7, 11) is 0. The van der Waals surface area contributed by atoms with Crippen molar-refractivity contribution in [2.75, 3.05) is 30.3 Å². The number of carbonyl (C=O) groups is 1. The Labute approximate surface area is 99.5 Å². The fourth-order valence-electron chi connectivity index (χ4n) is 2.04. The van der Waals surface area contributed by atoms with Crippen LogP contribution in [0.1, 0.15) is 6.42 Å². The summed E-state index contributed by atoms with van der Waals surface area (Å²) in [5.74, 6) is 0.844. The maximum absolute atomic E-state index is 10.5. The summed E-state index contributed by atoms with van der Waals surface area (Å²) < 4.78 is 4.81. The summed E-state index contributed by atoms with van der Waals surface area (Å²) in [6, 6.07) is 3.77. The lowest BCUT2D eigenvalue weighted by atomic mass is 10.1. The summed E-state index contributed by atoms with van der Waals surface area (Å²) in [6.07, 6.45) is 1.96. The van der Waals surface area contributed by atoms with E-state index in [1.54, 1.807) is 6.20 Å². The first-order valence-corrected chi connectivity index (χ1v) is 5.54. The Hall–Kier alpha value is -1.98. The molecule has 0 bridgehead atoms. The first kappa shape index (κ1) is 11.5. The highest BCUT2D eigenvalue weighted by Crippen LogP contribution is 2.24. The van der Waals surface area contributed by atoms with Gasteiger partial charge in [0.1, 0.15) is 5.82 Å². The summed E-state index contributed by atoms with van der Waals surface area (Å²) in [5, 5.41) is 0. The minimum absolute atomic E-state index is 0.330. The van der Waals surface area contributed by atoms with Crippen molar-refractivity contribution >= 4 is 17.6 Å². The van der Waals surface area contributed by atoms with Crippen LogP contribution in [0.3, 0.4) is 0 Å². The summed E-state index contributed by atoms with van der Waals surface area (Å²) in [5.41, 5.74) is 11.6. The van der Waals surface area contributed by atoms with E-state index in [2.05, 4.69) is 9.88 Å². The standard InChI is InChI=1S/C11H16N4O2/c12-10-5-9(1-3-14-10)15-4-2-8(6-15)7-17-11(13)16/h1,3,5,8H,2,4,6-7H2,(H2,12,14)(H2,13,16). The van der Waals surface area contributed by atoms with E-state index >= 15 is 0 Å². The van der Waals surface area contributed by atoms with Gasteiger partial charge in [0.2, 0.25) is 0 Å². The molecule has 6 nitrogen and oxygen atoms in total. The van der Waals surface area contributed by atoms with E-state index in [9.17, 15) is 4.79 Å². The lowest BCUT2D eigenvalue weighted by Crippen LogP contribution is -2.23. The van der Waals surface area contributed by atoms with Gasteiger partial charge in [-0.1, -0.05) is 0 Å². The van der Waals surface area contributed by atoms with E-state index < -0.39 is 6.09 Å². The Balaban J connectivity index is 1.91. The molecule has 0 radical (unpaired) electrons. The van der Waals surface area contributed by atoms with Crippen LogP contribution in [0.25, 0.3) is 0 Å². The van der Waals surface area contributed by atoms with Crippen molar-refractivity contribution in [1.29, 1.82) is 0 Å². The van der Waals surface area contributed by atoms with E-state index in [-0.39, 0.29) is 0 Å². The fraction of sp³-hybridized carbons (Fsp3) is 0.455. The first-order chi connectivity index (χ1) is 8.15. The normalized spacial score (nSPS) is 19.3. The molecule has 0 spiro atoms. The maximum atomic E-state index is 10.5.